The Balaban J connectivity index is 2.35. The van der Waals surface area contributed by atoms with Crippen molar-refractivity contribution in [1.82, 2.24) is 0 Å². The first-order valence-corrected chi connectivity index (χ1v) is 2.66. The summed E-state index contributed by atoms with van der Waals surface area (Å²) in [6.45, 7) is 0.241. The van der Waals surface area contributed by atoms with Gasteiger partial charge in [0.05, 0.1) is 13.1 Å². The predicted molar refractivity (Wildman–Crippen MR) is 29.8 cm³/mol. The summed E-state index contributed by atoms with van der Waals surface area (Å²) in [6.07, 6.45) is 0. The Kier molecular flexibility index (Phi) is 1.22. The lowest BCUT2D eigenvalue weighted by atomic mass is 10.0. The molecule has 1 aliphatic rings. The van der Waals surface area contributed by atoms with E-state index in [1.165, 1.54) is 0 Å². The van der Waals surface area contributed by atoms with Gasteiger partial charge < -0.3 is 15.0 Å². The molecule has 1 saturated heterocycles. The predicted octanol–water partition coefficient (Wildman–Crippen LogP) is -0.193. The van der Waals surface area contributed by atoms with E-state index in [1.807, 2.05) is 0 Å². The molecule has 51 valence electrons. The summed E-state index contributed by atoms with van der Waals surface area (Å²) in [4.78, 5) is 10.1. The number of hydrogen-bond acceptors (Lipinski definition) is 2. The largest absolute Gasteiger partial charge is 0.633 e. The van der Waals surface area contributed by atoms with Gasteiger partial charge >= 0.3 is 5.97 Å². The number of hydrogen-bond donors (Lipinski definition) is 1. The monoisotopic (exact) mass is 130 g/mol. The molecular weight excluding hydrogens is 122 g/mol. The molecule has 1 radical (unpaired) electrons. The smallest absolute Gasteiger partial charge is 0.318 e. The van der Waals surface area contributed by atoms with Gasteiger partial charge in [0.2, 0.25) is 0 Å². The molecule has 0 aromatic heterocycles. The van der Waals surface area contributed by atoms with Crippen LogP contribution in [0.2, 0.25) is 0 Å². The molecule has 0 atom stereocenters. The molecule has 4 heteroatoms. The molecule has 4 nitrogen and oxygen atoms in total. The van der Waals surface area contributed by atoms with Crippen LogP contribution in [0.1, 0.15) is 0 Å². The molecule has 1 fully saturated rings. The minimum absolute atomic E-state index is 0.120. The van der Waals surface area contributed by atoms with Crippen LogP contribution in [0, 0.1) is 18.2 Å². The molecule has 0 aliphatic carbocycles. The van der Waals surface area contributed by atoms with E-state index < -0.39 is 16.5 Å². The first kappa shape index (κ1) is 6.51. The second-order valence-corrected chi connectivity index (χ2v) is 2.46. The Hall–Kier alpha value is -0.610. The van der Waals surface area contributed by atoms with Gasteiger partial charge in [-0.3, -0.25) is 4.79 Å². The van der Waals surface area contributed by atoms with E-state index in [9.17, 15) is 10.0 Å². The van der Waals surface area contributed by atoms with Crippen LogP contribution in [0.3, 0.4) is 0 Å². The van der Waals surface area contributed by atoms with Crippen LogP contribution in [0.15, 0.2) is 0 Å². The van der Waals surface area contributed by atoms with Gasteiger partial charge in [-0.15, -0.1) is 0 Å². The zero-order valence-electron chi connectivity index (χ0n) is 4.91. The van der Waals surface area contributed by atoms with Crippen molar-refractivity contribution in [1.29, 1.82) is 0 Å². The molecule has 0 aromatic rings. The second kappa shape index (κ2) is 1.68. The van der Waals surface area contributed by atoms with Gasteiger partial charge in [-0.25, -0.2) is 0 Å². The Morgan fingerprint density at radius 1 is 1.78 bits per heavy atom. The van der Waals surface area contributed by atoms with E-state index in [0.29, 0.717) is 0 Å². The van der Waals surface area contributed by atoms with Crippen molar-refractivity contribution < 1.29 is 14.5 Å². The Morgan fingerprint density at radius 3 is 2.33 bits per heavy atom. The van der Waals surface area contributed by atoms with Crippen molar-refractivity contribution >= 4 is 5.97 Å². The van der Waals surface area contributed by atoms with Crippen molar-refractivity contribution in [2.75, 3.05) is 13.1 Å². The van der Waals surface area contributed by atoms with E-state index in [1.54, 1.807) is 0 Å². The third kappa shape index (κ3) is 1.20. The number of likely N-dealkylation sites (tertiary alicyclic amines) is 1. The Morgan fingerprint density at radius 2 is 2.22 bits per heavy atom. The highest BCUT2D eigenvalue weighted by atomic mass is 16.5. The molecule has 0 spiro atoms. The summed E-state index contributed by atoms with van der Waals surface area (Å²) in [5.41, 5.74) is 0. The number of aliphatic carboxylic acids is 1. The summed E-state index contributed by atoms with van der Waals surface area (Å²) >= 11 is 0. The standard InChI is InChI=1S/C5H8NO3/c1-6(9)2-4(3-6)5(7)8/h4H,1-3H2,(H,7,8)/t4-,6+. The van der Waals surface area contributed by atoms with Crippen LogP contribution in [0.25, 0.3) is 0 Å². The Labute approximate surface area is 52.9 Å². The number of quaternary nitrogens is 1. The maximum Gasteiger partial charge on any atom is 0.318 e. The van der Waals surface area contributed by atoms with Crippen molar-refractivity contribution in [3.8, 4) is 0 Å². The second-order valence-electron chi connectivity index (χ2n) is 2.46. The Bertz CT molecular complexity index is 135. The first-order valence-electron chi connectivity index (χ1n) is 2.66. The summed E-state index contributed by atoms with van der Waals surface area (Å²) in [5, 5.41) is 18.9. The van der Waals surface area contributed by atoms with Gasteiger partial charge in [0.15, 0.2) is 5.92 Å². The molecule has 0 aromatic carbocycles. The van der Waals surface area contributed by atoms with Crippen LogP contribution in [0.4, 0.5) is 0 Å². The van der Waals surface area contributed by atoms with E-state index in [4.69, 9.17) is 5.11 Å². The highest BCUT2D eigenvalue weighted by Gasteiger charge is 2.39. The first-order chi connectivity index (χ1) is 4.01. The maximum absolute atomic E-state index is 10.6. The zero-order chi connectivity index (χ0) is 7.07. The average Bonchev–Trinajstić information content (AvgIpc) is 1.59. The molecule has 1 heterocycles. The van der Waals surface area contributed by atoms with Crippen LogP contribution >= 0.6 is 0 Å². The van der Waals surface area contributed by atoms with Crippen LogP contribution < -0.4 is 0 Å². The number of hydroxylamine groups is 3. The van der Waals surface area contributed by atoms with Gasteiger partial charge in [0, 0.05) is 0 Å². The van der Waals surface area contributed by atoms with Crippen LogP contribution in [0.5, 0.6) is 0 Å². The van der Waals surface area contributed by atoms with E-state index in [-0.39, 0.29) is 13.1 Å². The topological polar surface area (TPSA) is 60.4 Å². The van der Waals surface area contributed by atoms with E-state index >= 15 is 0 Å². The summed E-state index contributed by atoms with van der Waals surface area (Å²) in [6, 6.07) is 0. The van der Waals surface area contributed by atoms with Crippen LogP contribution in [-0.4, -0.2) is 28.8 Å². The normalized spacial score (nSPS) is 41.8. The molecule has 0 bridgehead atoms. The molecule has 1 aliphatic heterocycles. The maximum atomic E-state index is 10.6. The van der Waals surface area contributed by atoms with Crippen molar-refractivity contribution in [2.24, 2.45) is 5.92 Å². The number of carboxylic acids is 1. The summed E-state index contributed by atoms with van der Waals surface area (Å²) in [5.74, 6) is -1.34. The van der Waals surface area contributed by atoms with Gasteiger partial charge in [-0.2, -0.15) is 0 Å². The molecule has 1 rings (SSSR count). The van der Waals surface area contributed by atoms with Gasteiger partial charge in [0.25, 0.3) is 0 Å². The van der Waals surface area contributed by atoms with Gasteiger partial charge in [-0.05, 0) is 0 Å². The highest BCUT2D eigenvalue weighted by Crippen LogP contribution is 2.22. The highest BCUT2D eigenvalue weighted by molar-refractivity contribution is 5.70. The minimum Gasteiger partial charge on any atom is -0.633 e. The molecule has 1 N–H and O–H groups in total. The van der Waals surface area contributed by atoms with E-state index in [0.717, 1.165) is 0 Å². The lowest BCUT2D eigenvalue weighted by Crippen LogP contribution is -2.57. The molecular formula is C5H8NO3. The number of carboxylic acid groups (broad SMARTS) is 1. The summed E-state index contributed by atoms with van der Waals surface area (Å²) < 4.78 is -0.642. The molecule has 0 amide bonds. The fourth-order valence-electron chi connectivity index (χ4n) is 0.906. The fourth-order valence-corrected chi connectivity index (χ4v) is 0.906. The number of rotatable bonds is 1. The fraction of sp³-hybridized carbons (Fsp3) is 0.600. The summed E-state index contributed by atoms with van der Waals surface area (Å²) in [7, 11) is 3.23. The van der Waals surface area contributed by atoms with Crippen molar-refractivity contribution in [3.05, 3.63) is 12.3 Å². The lowest BCUT2D eigenvalue weighted by molar-refractivity contribution is -0.884. The van der Waals surface area contributed by atoms with Gasteiger partial charge in [-0.1, -0.05) is 0 Å². The minimum atomic E-state index is -0.886. The SMILES string of the molecule is [CH2][N@+]1([O-])C[C@@H](C(=O)O)C1. The molecule has 0 unspecified atom stereocenters. The van der Waals surface area contributed by atoms with E-state index in [2.05, 4.69) is 7.05 Å². The molecule has 0 saturated carbocycles. The number of carbonyl (C=O) groups is 1. The quantitative estimate of drug-likeness (QED) is 0.395. The zero-order valence-corrected chi connectivity index (χ0v) is 4.91. The van der Waals surface area contributed by atoms with Crippen LogP contribution in [-0.2, 0) is 4.79 Å². The van der Waals surface area contributed by atoms with Crippen molar-refractivity contribution in [3.63, 3.8) is 0 Å². The van der Waals surface area contributed by atoms with Crippen molar-refractivity contribution in [2.45, 2.75) is 0 Å². The number of nitrogens with zero attached hydrogens (tertiary/aromatic N) is 1. The third-order valence-electron chi connectivity index (χ3n) is 1.46. The third-order valence-corrected chi connectivity index (χ3v) is 1.46. The molecule has 9 heavy (non-hydrogen) atoms. The average molecular weight is 130 g/mol. The lowest BCUT2D eigenvalue weighted by Gasteiger charge is -2.48. The van der Waals surface area contributed by atoms with Gasteiger partial charge in [0.1, 0.15) is 7.05 Å².